The van der Waals surface area contributed by atoms with Crippen LogP contribution in [0.15, 0.2) is 51.8 Å². The van der Waals surface area contributed by atoms with Crippen molar-refractivity contribution in [1.29, 1.82) is 0 Å². The van der Waals surface area contributed by atoms with Crippen molar-refractivity contribution in [2.45, 2.75) is 11.8 Å². The maximum Gasteiger partial charge on any atom is 0.338 e. The van der Waals surface area contributed by atoms with Gasteiger partial charge in [-0.05, 0) is 43.3 Å². The number of anilines is 1. The smallest absolute Gasteiger partial charge is 0.338 e. The molecular weight excluding hydrogens is 398 g/mol. The van der Waals surface area contributed by atoms with E-state index in [9.17, 15) is 13.2 Å². The first-order valence-corrected chi connectivity index (χ1v) is 9.28. The fourth-order valence-corrected chi connectivity index (χ4v) is 3.75. The summed E-state index contributed by atoms with van der Waals surface area (Å²) in [5.41, 5.74) is 0.515. The second-order valence-corrected chi connectivity index (χ2v) is 7.27. The van der Waals surface area contributed by atoms with Gasteiger partial charge in [-0.2, -0.15) is 0 Å². The van der Waals surface area contributed by atoms with Gasteiger partial charge in [-0.15, -0.1) is 0 Å². The van der Waals surface area contributed by atoms with E-state index in [1.54, 1.807) is 37.3 Å². The molecule has 1 N–H and O–H groups in total. The number of hydrogen-bond donors (Lipinski definition) is 1. The van der Waals surface area contributed by atoms with Crippen LogP contribution in [0.3, 0.4) is 0 Å². The Morgan fingerprint density at radius 3 is 2.62 bits per heavy atom. The first-order valence-electron chi connectivity index (χ1n) is 7.01. The van der Waals surface area contributed by atoms with E-state index in [2.05, 4.69) is 20.7 Å². The second kappa shape index (κ2) is 7.67. The summed E-state index contributed by atoms with van der Waals surface area (Å²) in [5.74, 6) is -0.300. The van der Waals surface area contributed by atoms with Gasteiger partial charge in [0.1, 0.15) is 10.6 Å². The molecule has 0 aliphatic rings. The predicted molar refractivity (Wildman–Crippen MR) is 93.9 cm³/mol. The molecule has 0 saturated carbocycles. The van der Waals surface area contributed by atoms with Crippen LogP contribution in [0.25, 0.3) is 0 Å². The Morgan fingerprint density at radius 2 is 1.96 bits per heavy atom. The van der Waals surface area contributed by atoms with Gasteiger partial charge >= 0.3 is 5.97 Å². The number of carbonyl (C=O) groups excluding carboxylic acids is 1. The molecule has 6 nitrogen and oxygen atoms in total. The van der Waals surface area contributed by atoms with Gasteiger partial charge in [-0.1, -0.05) is 22.0 Å². The highest BCUT2D eigenvalue weighted by atomic mass is 79.9. The molecule has 2 aromatic rings. The number of sulfonamides is 1. The second-order valence-electron chi connectivity index (χ2n) is 4.70. The molecule has 128 valence electrons. The number of methoxy groups -OCH3 is 1. The van der Waals surface area contributed by atoms with Crippen LogP contribution in [0, 0.1) is 0 Å². The molecule has 0 fully saturated rings. The third-order valence-electron chi connectivity index (χ3n) is 3.04. The molecular formula is C16H16BrNO5S. The summed E-state index contributed by atoms with van der Waals surface area (Å²) in [4.78, 5) is 11.7. The third kappa shape index (κ3) is 4.27. The zero-order chi connectivity index (χ0) is 17.7. The zero-order valence-corrected chi connectivity index (χ0v) is 15.5. The largest absolute Gasteiger partial charge is 0.495 e. The van der Waals surface area contributed by atoms with Crippen molar-refractivity contribution in [2.75, 3.05) is 18.4 Å². The Balaban J connectivity index is 2.35. The number of benzene rings is 2. The fraction of sp³-hybridized carbons (Fsp3) is 0.188. The average Bonchev–Trinajstić information content (AvgIpc) is 2.55. The van der Waals surface area contributed by atoms with Gasteiger partial charge in [0.05, 0.1) is 19.3 Å². The standard InChI is InChI=1S/C16H16BrNO5S/c1-3-23-16(19)11-5-4-6-13(9-11)18-24(20,21)15-10-12(17)7-8-14(15)22-2/h4-10,18H,3H2,1-2H3. The van der Waals surface area contributed by atoms with E-state index in [0.29, 0.717) is 4.47 Å². The highest BCUT2D eigenvalue weighted by molar-refractivity contribution is 9.10. The van der Waals surface area contributed by atoms with E-state index >= 15 is 0 Å². The van der Waals surface area contributed by atoms with E-state index in [1.165, 1.54) is 19.2 Å². The number of halogens is 1. The summed E-state index contributed by atoms with van der Waals surface area (Å²) in [7, 11) is -2.50. The fourth-order valence-electron chi connectivity index (χ4n) is 1.99. The lowest BCUT2D eigenvalue weighted by molar-refractivity contribution is 0.0526. The van der Waals surface area contributed by atoms with Crippen molar-refractivity contribution in [3.63, 3.8) is 0 Å². The van der Waals surface area contributed by atoms with Crippen molar-refractivity contribution < 1.29 is 22.7 Å². The Bertz CT molecular complexity index is 851. The number of rotatable bonds is 6. The van der Waals surface area contributed by atoms with Crippen LogP contribution in [0.1, 0.15) is 17.3 Å². The summed E-state index contributed by atoms with van der Waals surface area (Å²) >= 11 is 3.24. The Labute approximate surface area is 149 Å². The highest BCUT2D eigenvalue weighted by Crippen LogP contribution is 2.29. The summed E-state index contributed by atoms with van der Waals surface area (Å²) in [6.45, 7) is 1.94. The molecule has 0 unspecified atom stereocenters. The third-order valence-corrected chi connectivity index (χ3v) is 4.94. The maximum absolute atomic E-state index is 12.6. The van der Waals surface area contributed by atoms with Crippen LogP contribution in [-0.2, 0) is 14.8 Å². The molecule has 0 amide bonds. The van der Waals surface area contributed by atoms with Crippen molar-refractivity contribution in [3.8, 4) is 5.75 Å². The molecule has 0 saturated heterocycles. The maximum atomic E-state index is 12.6. The number of ether oxygens (including phenoxy) is 2. The monoisotopic (exact) mass is 413 g/mol. The first-order chi connectivity index (χ1) is 11.4. The van der Waals surface area contributed by atoms with E-state index in [-0.39, 0.29) is 28.5 Å². The van der Waals surface area contributed by atoms with E-state index in [4.69, 9.17) is 9.47 Å². The molecule has 0 aliphatic heterocycles. The topological polar surface area (TPSA) is 81.7 Å². The molecule has 0 aliphatic carbocycles. The van der Waals surface area contributed by atoms with Gasteiger partial charge < -0.3 is 9.47 Å². The minimum atomic E-state index is -3.89. The quantitative estimate of drug-likeness (QED) is 0.733. The lowest BCUT2D eigenvalue weighted by Gasteiger charge is -2.12. The summed E-state index contributed by atoms with van der Waals surface area (Å²) in [6, 6.07) is 10.8. The lowest BCUT2D eigenvalue weighted by Crippen LogP contribution is -2.15. The molecule has 0 spiro atoms. The average molecular weight is 414 g/mol. The molecule has 0 aromatic heterocycles. The summed E-state index contributed by atoms with van der Waals surface area (Å²) in [6.07, 6.45) is 0. The van der Waals surface area contributed by atoms with Crippen LogP contribution in [0.2, 0.25) is 0 Å². The zero-order valence-electron chi connectivity index (χ0n) is 13.1. The van der Waals surface area contributed by atoms with Crippen molar-refractivity contribution in [3.05, 3.63) is 52.5 Å². The van der Waals surface area contributed by atoms with Gasteiger partial charge in [0.15, 0.2) is 0 Å². The molecule has 2 aromatic carbocycles. The Hall–Kier alpha value is -2.06. The number of esters is 1. The number of hydrogen-bond acceptors (Lipinski definition) is 5. The summed E-state index contributed by atoms with van der Waals surface area (Å²) < 4.78 is 38.3. The van der Waals surface area contributed by atoms with E-state index in [1.807, 2.05) is 0 Å². The Morgan fingerprint density at radius 1 is 1.21 bits per heavy atom. The van der Waals surface area contributed by atoms with Gasteiger partial charge in [-0.25, -0.2) is 13.2 Å². The van der Waals surface area contributed by atoms with Crippen LogP contribution < -0.4 is 9.46 Å². The molecule has 0 radical (unpaired) electrons. The lowest BCUT2D eigenvalue weighted by atomic mass is 10.2. The van der Waals surface area contributed by atoms with Gasteiger partial charge in [0, 0.05) is 10.2 Å². The highest BCUT2D eigenvalue weighted by Gasteiger charge is 2.20. The SMILES string of the molecule is CCOC(=O)c1cccc(NS(=O)(=O)c2cc(Br)ccc2OC)c1. The minimum Gasteiger partial charge on any atom is -0.495 e. The predicted octanol–water partition coefficient (Wildman–Crippen LogP) is 3.44. The van der Waals surface area contributed by atoms with Gasteiger partial charge in [0.2, 0.25) is 0 Å². The van der Waals surface area contributed by atoms with E-state index in [0.717, 1.165) is 0 Å². The molecule has 0 heterocycles. The van der Waals surface area contributed by atoms with Crippen LogP contribution in [0.5, 0.6) is 5.75 Å². The first kappa shape index (κ1) is 18.3. The van der Waals surface area contributed by atoms with Crippen LogP contribution in [0.4, 0.5) is 5.69 Å². The molecule has 24 heavy (non-hydrogen) atoms. The molecule has 8 heteroatoms. The van der Waals surface area contributed by atoms with E-state index < -0.39 is 16.0 Å². The van der Waals surface area contributed by atoms with Gasteiger partial charge in [0.25, 0.3) is 10.0 Å². The summed E-state index contributed by atoms with van der Waals surface area (Å²) in [5, 5.41) is 0. The normalized spacial score (nSPS) is 11.0. The number of nitrogens with one attached hydrogen (secondary N) is 1. The molecule has 0 atom stereocenters. The van der Waals surface area contributed by atoms with Gasteiger partial charge in [-0.3, -0.25) is 4.72 Å². The number of carbonyl (C=O) groups is 1. The van der Waals surface area contributed by atoms with Crippen molar-refractivity contribution in [2.24, 2.45) is 0 Å². The molecule has 0 bridgehead atoms. The minimum absolute atomic E-state index is 0.0130. The van der Waals surface area contributed by atoms with Crippen molar-refractivity contribution in [1.82, 2.24) is 0 Å². The van der Waals surface area contributed by atoms with Crippen LogP contribution in [-0.4, -0.2) is 28.1 Å². The van der Waals surface area contributed by atoms with Crippen LogP contribution >= 0.6 is 15.9 Å². The Kier molecular flexibility index (Phi) is 5.84. The molecule has 2 rings (SSSR count). The van der Waals surface area contributed by atoms with Crippen molar-refractivity contribution >= 4 is 37.6 Å².